The molecule has 0 spiro atoms. The zero-order valence-corrected chi connectivity index (χ0v) is 16.4. The fraction of sp³-hybridized carbons (Fsp3) is 0.348. The van der Waals surface area contributed by atoms with Gasteiger partial charge < -0.3 is 14.6 Å². The molecule has 5 heteroatoms. The first-order chi connectivity index (χ1) is 13.5. The van der Waals surface area contributed by atoms with E-state index < -0.39 is 0 Å². The molecule has 1 fully saturated rings. The standard InChI is InChI=1S/C23H26N2O3/c1-15(2)18-11-19(21(27)12-20(18)26)22-23(28-14-24-22)17-7-5-16(6-8-17)13-25-9-3-4-10-25/h5-8,11-12,14-15,26-27H,3-4,9-10,13H2,1-2H3. The van der Waals surface area contributed by atoms with Gasteiger partial charge in [0.15, 0.2) is 12.2 Å². The Balaban J connectivity index is 1.65. The highest BCUT2D eigenvalue weighted by molar-refractivity contribution is 5.81. The van der Waals surface area contributed by atoms with Crippen molar-refractivity contribution in [1.29, 1.82) is 0 Å². The van der Waals surface area contributed by atoms with Gasteiger partial charge in [0.05, 0.1) is 0 Å². The minimum atomic E-state index is -0.0114. The first-order valence-electron chi connectivity index (χ1n) is 9.84. The van der Waals surface area contributed by atoms with Crippen LogP contribution in [0.3, 0.4) is 0 Å². The van der Waals surface area contributed by atoms with E-state index in [2.05, 4.69) is 22.0 Å². The van der Waals surface area contributed by atoms with Crippen molar-refractivity contribution in [2.75, 3.05) is 13.1 Å². The molecule has 1 aliphatic rings. The van der Waals surface area contributed by atoms with Crippen molar-refractivity contribution >= 4 is 0 Å². The largest absolute Gasteiger partial charge is 0.508 e. The molecule has 2 aromatic carbocycles. The average molecular weight is 378 g/mol. The summed E-state index contributed by atoms with van der Waals surface area (Å²) < 4.78 is 5.67. The number of phenols is 2. The quantitative estimate of drug-likeness (QED) is 0.643. The van der Waals surface area contributed by atoms with Crippen LogP contribution >= 0.6 is 0 Å². The van der Waals surface area contributed by atoms with Crippen molar-refractivity contribution in [2.45, 2.75) is 39.2 Å². The number of phenolic OH excluding ortho intramolecular Hbond substituents is 2. The average Bonchev–Trinajstić information content (AvgIpc) is 3.34. The molecule has 2 N–H and O–H groups in total. The number of rotatable bonds is 5. The van der Waals surface area contributed by atoms with Gasteiger partial charge in [-0.15, -0.1) is 0 Å². The highest BCUT2D eigenvalue weighted by Crippen LogP contribution is 2.41. The Morgan fingerprint density at radius 3 is 2.43 bits per heavy atom. The predicted molar refractivity (Wildman–Crippen MR) is 109 cm³/mol. The predicted octanol–water partition coefficient (Wildman–Crippen LogP) is 5.14. The molecule has 0 amide bonds. The summed E-state index contributed by atoms with van der Waals surface area (Å²) in [4.78, 5) is 6.81. The van der Waals surface area contributed by atoms with Crippen molar-refractivity contribution < 1.29 is 14.6 Å². The number of hydrogen-bond donors (Lipinski definition) is 2. The summed E-state index contributed by atoms with van der Waals surface area (Å²) in [6, 6.07) is 11.5. The van der Waals surface area contributed by atoms with Crippen molar-refractivity contribution in [3.05, 3.63) is 53.9 Å². The first kappa shape index (κ1) is 18.6. The van der Waals surface area contributed by atoms with Crippen LogP contribution in [-0.2, 0) is 6.54 Å². The third-order valence-electron chi connectivity index (χ3n) is 5.41. The van der Waals surface area contributed by atoms with Gasteiger partial charge in [0.25, 0.3) is 0 Å². The summed E-state index contributed by atoms with van der Waals surface area (Å²) in [5, 5.41) is 20.5. The van der Waals surface area contributed by atoms with E-state index >= 15 is 0 Å². The van der Waals surface area contributed by atoms with E-state index in [-0.39, 0.29) is 17.4 Å². The van der Waals surface area contributed by atoms with Crippen LogP contribution in [0.25, 0.3) is 22.6 Å². The Morgan fingerprint density at radius 2 is 1.75 bits per heavy atom. The van der Waals surface area contributed by atoms with Gasteiger partial charge in [-0.1, -0.05) is 38.1 Å². The van der Waals surface area contributed by atoms with Crippen LogP contribution in [0, 0.1) is 0 Å². The van der Waals surface area contributed by atoms with Crippen LogP contribution in [0.4, 0.5) is 0 Å². The number of likely N-dealkylation sites (tertiary alicyclic amines) is 1. The van der Waals surface area contributed by atoms with Crippen molar-refractivity contribution in [3.8, 4) is 34.1 Å². The lowest BCUT2D eigenvalue weighted by atomic mass is 9.96. The fourth-order valence-electron chi connectivity index (χ4n) is 3.85. The lowest BCUT2D eigenvalue weighted by molar-refractivity contribution is 0.331. The summed E-state index contributed by atoms with van der Waals surface area (Å²) in [7, 11) is 0. The molecular weight excluding hydrogens is 352 g/mol. The Morgan fingerprint density at radius 1 is 1.04 bits per heavy atom. The van der Waals surface area contributed by atoms with Crippen LogP contribution in [0.2, 0.25) is 0 Å². The molecule has 1 aliphatic heterocycles. The molecule has 0 saturated carbocycles. The molecule has 0 radical (unpaired) electrons. The third kappa shape index (κ3) is 3.62. The Labute approximate surface area is 165 Å². The number of aromatic nitrogens is 1. The smallest absolute Gasteiger partial charge is 0.182 e. The van der Waals surface area contributed by atoms with E-state index in [0.717, 1.165) is 17.7 Å². The molecular formula is C23H26N2O3. The Kier molecular flexibility index (Phi) is 5.09. The topological polar surface area (TPSA) is 69.7 Å². The Bertz CT molecular complexity index is 954. The molecule has 28 heavy (non-hydrogen) atoms. The van der Waals surface area contributed by atoms with Gasteiger partial charge in [-0.25, -0.2) is 4.98 Å². The van der Waals surface area contributed by atoms with E-state index in [9.17, 15) is 10.2 Å². The summed E-state index contributed by atoms with van der Waals surface area (Å²) in [6.07, 6.45) is 3.96. The van der Waals surface area contributed by atoms with Crippen LogP contribution in [0.5, 0.6) is 11.5 Å². The summed E-state index contributed by atoms with van der Waals surface area (Å²) in [6.45, 7) is 7.32. The number of hydrogen-bond acceptors (Lipinski definition) is 5. The highest BCUT2D eigenvalue weighted by atomic mass is 16.3. The zero-order valence-electron chi connectivity index (χ0n) is 16.4. The SMILES string of the molecule is CC(C)c1cc(-c2ncoc2-c2ccc(CN3CCCC3)cc2)c(O)cc1O. The minimum absolute atomic E-state index is 0.0114. The van der Waals surface area contributed by atoms with Gasteiger partial charge >= 0.3 is 0 Å². The second-order valence-electron chi connectivity index (χ2n) is 7.79. The molecule has 0 aliphatic carbocycles. The van der Waals surface area contributed by atoms with E-state index in [0.29, 0.717) is 17.0 Å². The van der Waals surface area contributed by atoms with Crippen molar-refractivity contribution in [1.82, 2.24) is 9.88 Å². The molecule has 3 aromatic rings. The van der Waals surface area contributed by atoms with E-state index in [4.69, 9.17) is 4.42 Å². The van der Waals surface area contributed by atoms with Gasteiger partial charge in [-0.3, -0.25) is 4.90 Å². The summed E-state index contributed by atoms with van der Waals surface area (Å²) in [5.41, 5.74) is 4.10. The normalized spacial score (nSPS) is 14.8. The van der Waals surface area contributed by atoms with E-state index in [1.807, 2.05) is 26.0 Å². The number of benzene rings is 2. The van der Waals surface area contributed by atoms with Crippen LogP contribution in [0.1, 0.15) is 43.7 Å². The number of aromatic hydroxyl groups is 2. The van der Waals surface area contributed by atoms with Crippen LogP contribution in [-0.4, -0.2) is 33.2 Å². The molecule has 0 unspecified atom stereocenters. The first-order valence-corrected chi connectivity index (χ1v) is 9.84. The summed E-state index contributed by atoms with van der Waals surface area (Å²) >= 11 is 0. The Hall–Kier alpha value is -2.79. The maximum atomic E-state index is 10.4. The second-order valence-corrected chi connectivity index (χ2v) is 7.79. The number of oxazole rings is 1. The molecule has 4 rings (SSSR count). The van der Waals surface area contributed by atoms with Crippen LogP contribution in [0.15, 0.2) is 47.2 Å². The van der Waals surface area contributed by atoms with E-state index in [1.165, 1.54) is 44.0 Å². The van der Waals surface area contributed by atoms with Crippen molar-refractivity contribution in [2.24, 2.45) is 0 Å². The maximum absolute atomic E-state index is 10.4. The maximum Gasteiger partial charge on any atom is 0.182 e. The van der Waals surface area contributed by atoms with Gasteiger partial charge in [-0.2, -0.15) is 0 Å². The van der Waals surface area contributed by atoms with Gasteiger partial charge in [0, 0.05) is 23.7 Å². The lowest BCUT2D eigenvalue weighted by Gasteiger charge is -2.14. The summed E-state index contributed by atoms with van der Waals surface area (Å²) in [5.74, 6) is 0.818. The molecule has 1 saturated heterocycles. The highest BCUT2D eigenvalue weighted by Gasteiger charge is 2.20. The van der Waals surface area contributed by atoms with Gasteiger partial charge in [0.2, 0.25) is 0 Å². The third-order valence-corrected chi connectivity index (χ3v) is 5.41. The molecule has 2 heterocycles. The molecule has 5 nitrogen and oxygen atoms in total. The van der Waals surface area contributed by atoms with Crippen LogP contribution < -0.4 is 0 Å². The minimum Gasteiger partial charge on any atom is -0.508 e. The van der Waals surface area contributed by atoms with Gasteiger partial charge in [-0.05, 0) is 49.0 Å². The molecule has 146 valence electrons. The molecule has 1 aromatic heterocycles. The zero-order chi connectivity index (χ0) is 19.7. The van der Waals surface area contributed by atoms with Crippen molar-refractivity contribution in [3.63, 3.8) is 0 Å². The number of nitrogens with zero attached hydrogens (tertiary/aromatic N) is 2. The monoisotopic (exact) mass is 378 g/mol. The molecule has 0 atom stereocenters. The van der Waals surface area contributed by atoms with Gasteiger partial charge in [0.1, 0.15) is 17.2 Å². The molecule has 0 bridgehead atoms. The lowest BCUT2D eigenvalue weighted by Crippen LogP contribution is -2.18. The second kappa shape index (κ2) is 7.68. The van der Waals surface area contributed by atoms with E-state index in [1.54, 1.807) is 6.07 Å². The fourth-order valence-corrected chi connectivity index (χ4v) is 3.85.